The van der Waals surface area contributed by atoms with Gasteiger partial charge < -0.3 is 5.32 Å². The van der Waals surface area contributed by atoms with Gasteiger partial charge in [-0.25, -0.2) is 4.39 Å². The summed E-state index contributed by atoms with van der Waals surface area (Å²) < 4.78 is 12.9. The molecule has 0 heterocycles. The fourth-order valence-electron chi connectivity index (χ4n) is 1.65. The second kappa shape index (κ2) is 5.11. The Morgan fingerprint density at radius 1 is 1.29 bits per heavy atom. The van der Waals surface area contributed by atoms with Gasteiger partial charge in [0.15, 0.2) is 0 Å². The molecule has 0 aliphatic heterocycles. The zero-order valence-corrected chi connectivity index (χ0v) is 9.05. The molecule has 0 bridgehead atoms. The Bertz CT molecular complexity index is 283. The summed E-state index contributed by atoms with van der Waals surface area (Å²) in [6, 6.07) is 7.65. The number of rotatable bonds is 4. The van der Waals surface area contributed by atoms with Crippen molar-refractivity contribution < 1.29 is 4.39 Å². The molecule has 0 saturated carbocycles. The lowest BCUT2D eigenvalue weighted by atomic mass is 10.1. The van der Waals surface area contributed by atoms with Crippen LogP contribution in [0.5, 0.6) is 0 Å². The van der Waals surface area contributed by atoms with E-state index >= 15 is 0 Å². The molecule has 0 aliphatic rings. The van der Waals surface area contributed by atoms with Crippen LogP contribution in [0.4, 0.5) is 4.39 Å². The SMILES string of the molecule is CC(C)NC(C)Cc1cccc(F)c1. The first-order chi connectivity index (χ1) is 6.58. The monoisotopic (exact) mass is 195 g/mol. The van der Waals surface area contributed by atoms with Crippen molar-refractivity contribution in [2.24, 2.45) is 0 Å². The van der Waals surface area contributed by atoms with Gasteiger partial charge in [0.25, 0.3) is 0 Å². The van der Waals surface area contributed by atoms with Crippen molar-refractivity contribution in [2.45, 2.75) is 39.3 Å². The first kappa shape index (κ1) is 11.2. The van der Waals surface area contributed by atoms with E-state index in [1.54, 1.807) is 12.1 Å². The predicted octanol–water partition coefficient (Wildman–Crippen LogP) is 2.75. The average molecular weight is 195 g/mol. The first-order valence-electron chi connectivity index (χ1n) is 5.08. The van der Waals surface area contributed by atoms with Gasteiger partial charge >= 0.3 is 0 Å². The lowest BCUT2D eigenvalue weighted by Gasteiger charge is -2.16. The normalized spacial score (nSPS) is 13.2. The number of benzene rings is 1. The van der Waals surface area contributed by atoms with Gasteiger partial charge in [-0.2, -0.15) is 0 Å². The molecule has 0 saturated heterocycles. The Labute approximate surface area is 85.3 Å². The molecule has 1 aromatic rings. The smallest absolute Gasteiger partial charge is 0.123 e. The van der Waals surface area contributed by atoms with Gasteiger partial charge in [0.05, 0.1) is 0 Å². The zero-order chi connectivity index (χ0) is 10.6. The highest BCUT2D eigenvalue weighted by Crippen LogP contribution is 2.06. The highest BCUT2D eigenvalue weighted by atomic mass is 19.1. The van der Waals surface area contributed by atoms with Crippen molar-refractivity contribution in [3.05, 3.63) is 35.6 Å². The molecule has 1 rings (SSSR count). The van der Waals surface area contributed by atoms with E-state index in [1.807, 2.05) is 6.07 Å². The van der Waals surface area contributed by atoms with E-state index in [0.717, 1.165) is 12.0 Å². The predicted molar refractivity (Wildman–Crippen MR) is 57.8 cm³/mol. The van der Waals surface area contributed by atoms with Gasteiger partial charge in [0.1, 0.15) is 5.82 Å². The van der Waals surface area contributed by atoms with Crippen LogP contribution in [0, 0.1) is 5.82 Å². The van der Waals surface area contributed by atoms with Gasteiger partial charge in [0.2, 0.25) is 0 Å². The Balaban J connectivity index is 2.51. The lowest BCUT2D eigenvalue weighted by molar-refractivity contribution is 0.487. The van der Waals surface area contributed by atoms with Gasteiger partial charge in [-0.1, -0.05) is 26.0 Å². The Morgan fingerprint density at radius 2 is 2.00 bits per heavy atom. The van der Waals surface area contributed by atoms with Crippen LogP contribution in [-0.2, 0) is 6.42 Å². The summed E-state index contributed by atoms with van der Waals surface area (Å²) in [6.45, 7) is 6.34. The first-order valence-corrected chi connectivity index (χ1v) is 5.08. The molecule has 2 heteroatoms. The number of hydrogen-bond donors (Lipinski definition) is 1. The minimum atomic E-state index is -0.153. The van der Waals surface area contributed by atoms with Crippen LogP contribution >= 0.6 is 0 Å². The maximum atomic E-state index is 12.9. The molecule has 0 spiro atoms. The number of hydrogen-bond acceptors (Lipinski definition) is 1. The molecule has 14 heavy (non-hydrogen) atoms. The molecule has 1 unspecified atom stereocenters. The van der Waals surface area contributed by atoms with E-state index in [0.29, 0.717) is 12.1 Å². The van der Waals surface area contributed by atoms with Gasteiger partial charge in [0, 0.05) is 12.1 Å². The minimum Gasteiger partial charge on any atom is -0.312 e. The summed E-state index contributed by atoms with van der Waals surface area (Å²) in [5.74, 6) is -0.153. The Morgan fingerprint density at radius 3 is 2.57 bits per heavy atom. The standard InChI is InChI=1S/C12H18FN/c1-9(2)14-10(3)7-11-5-4-6-12(13)8-11/h4-6,8-10,14H,7H2,1-3H3. The van der Waals surface area contributed by atoms with Crippen molar-refractivity contribution in [2.75, 3.05) is 0 Å². The van der Waals surface area contributed by atoms with Crippen LogP contribution in [0.3, 0.4) is 0 Å². The molecule has 0 amide bonds. The molecule has 1 aromatic carbocycles. The Kier molecular flexibility index (Phi) is 4.08. The largest absolute Gasteiger partial charge is 0.312 e. The lowest BCUT2D eigenvalue weighted by Crippen LogP contribution is -2.33. The van der Waals surface area contributed by atoms with Crippen LogP contribution in [0.2, 0.25) is 0 Å². The van der Waals surface area contributed by atoms with E-state index in [2.05, 4.69) is 26.1 Å². The summed E-state index contributed by atoms with van der Waals surface area (Å²) >= 11 is 0. The van der Waals surface area contributed by atoms with E-state index < -0.39 is 0 Å². The molecular formula is C12H18FN. The average Bonchev–Trinajstić information content (AvgIpc) is 2.01. The van der Waals surface area contributed by atoms with Gasteiger partial charge in [-0.05, 0) is 31.0 Å². The van der Waals surface area contributed by atoms with Crippen molar-refractivity contribution in [1.29, 1.82) is 0 Å². The summed E-state index contributed by atoms with van der Waals surface area (Å²) in [5.41, 5.74) is 1.05. The molecule has 1 N–H and O–H groups in total. The van der Waals surface area contributed by atoms with Gasteiger partial charge in [-0.15, -0.1) is 0 Å². The van der Waals surface area contributed by atoms with E-state index in [4.69, 9.17) is 0 Å². The molecule has 0 aromatic heterocycles. The van der Waals surface area contributed by atoms with Crippen LogP contribution < -0.4 is 5.32 Å². The van der Waals surface area contributed by atoms with E-state index in [9.17, 15) is 4.39 Å². The summed E-state index contributed by atoms with van der Waals surface area (Å²) in [7, 11) is 0. The van der Waals surface area contributed by atoms with Gasteiger partial charge in [-0.3, -0.25) is 0 Å². The van der Waals surface area contributed by atoms with Crippen LogP contribution in [0.1, 0.15) is 26.3 Å². The van der Waals surface area contributed by atoms with Crippen molar-refractivity contribution in [3.8, 4) is 0 Å². The molecule has 0 fully saturated rings. The summed E-state index contributed by atoms with van der Waals surface area (Å²) in [5, 5.41) is 3.39. The third kappa shape index (κ3) is 3.88. The minimum absolute atomic E-state index is 0.153. The maximum absolute atomic E-state index is 12.9. The molecule has 0 aliphatic carbocycles. The van der Waals surface area contributed by atoms with E-state index in [-0.39, 0.29) is 5.82 Å². The van der Waals surface area contributed by atoms with Crippen molar-refractivity contribution in [3.63, 3.8) is 0 Å². The molecule has 0 radical (unpaired) electrons. The molecule has 78 valence electrons. The third-order valence-electron chi connectivity index (χ3n) is 2.05. The summed E-state index contributed by atoms with van der Waals surface area (Å²) in [4.78, 5) is 0. The zero-order valence-electron chi connectivity index (χ0n) is 9.05. The third-order valence-corrected chi connectivity index (χ3v) is 2.05. The van der Waals surface area contributed by atoms with Crippen molar-refractivity contribution >= 4 is 0 Å². The Hall–Kier alpha value is -0.890. The number of nitrogens with one attached hydrogen (secondary N) is 1. The van der Waals surface area contributed by atoms with Crippen LogP contribution in [0.25, 0.3) is 0 Å². The fraction of sp³-hybridized carbons (Fsp3) is 0.500. The molecule has 1 atom stereocenters. The highest BCUT2D eigenvalue weighted by Gasteiger charge is 2.04. The molecular weight excluding hydrogens is 177 g/mol. The topological polar surface area (TPSA) is 12.0 Å². The van der Waals surface area contributed by atoms with Crippen molar-refractivity contribution in [1.82, 2.24) is 5.32 Å². The molecule has 1 nitrogen and oxygen atoms in total. The summed E-state index contributed by atoms with van der Waals surface area (Å²) in [6.07, 6.45) is 0.871. The second-order valence-electron chi connectivity index (χ2n) is 4.06. The van der Waals surface area contributed by atoms with E-state index in [1.165, 1.54) is 6.07 Å². The maximum Gasteiger partial charge on any atom is 0.123 e. The fourth-order valence-corrected chi connectivity index (χ4v) is 1.65. The second-order valence-corrected chi connectivity index (χ2v) is 4.06. The van der Waals surface area contributed by atoms with Crippen LogP contribution in [-0.4, -0.2) is 12.1 Å². The highest BCUT2D eigenvalue weighted by molar-refractivity contribution is 5.17. The van der Waals surface area contributed by atoms with Crippen LogP contribution in [0.15, 0.2) is 24.3 Å². The number of halogens is 1. The quantitative estimate of drug-likeness (QED) is 0.779.